The average molecular weight is 514 g/mol. The first kappa shape index (κ1) is 25.6. The van der Waals surface area contributed by atoms with Crippen molar-refractivity contribution in [3.8, 4) is 5.75 Å². The van der Waals surface area contributed by atoms with Crippen molar-refractivity contribution < 1.29 is 19.1 Å². The third-order valence-corrected chi connectivity index (χ3v) is 6.73. The normalized spacial score (nSPS) is 14.1. The summed E-state index contributed by atoms with van der Waals surface area (Å²) < 4.78 is 11.2. The van der Waals surface area contributed by atoms with Gasteiger partial charge in [0, 0.05) is 62.4 Å². The van der Waals surface area contributed by atoms with Crippen molar-refractivity contribution >= 4 is 5.91 Å². The molecule has 0 fully saturated rings. The van der Waals surface area contributed by atoms with E-state index in [-0.39, 0.29) is 12.5 Å². The van der Waals surface area contributed by atoms with Crippen LogP contribution in [0.4, 0.5) is 0 Å². The van der Waals surface area contributed by atoms with E-state index in [0.717, 1.165) is 42.1 Å². The molecule has 9 heteroatoms. The number of hydrogen-bond acceptors (Lipinski definition) is 8. The molecule has 2 N–H and O–H groups in total. The first-order chi connectivity index (χ1) is 18.5. The minimum atomic E-state index is -0.678. The van der Waals surface area contributed by atoms with Gasteiger partial charge < -0.3 is 19.6 Å². The van der Waals surface area contributed by atoms with Crippen LogP contribution >= 0.6 is 0 Å². The number of amides is 1. The van der Waals surface area contributed by atoms with Gasteiger partial charge in [0.25, 0.3) is 5.91 Å². The van der Waals surface area contributed by atoms with Gasteiger partial charge in [-0.15, -0.1) is 0 Å². The third kappa shape index (κ3) is 6.42. The molecule has 9 nitrogen and oxygen atoms in total. The molecule has 4 aromatic rings. The molecule has 1 aliphatic rings. The van der Waals surface area contributed by atoms with Crippen LogP contribution < -0.4 is 10.1 Å². The molecule has 3 aromatic heterocycles. The van der Waals surface area contributed by atoms with Crippen molar-refractivity contribution in [2.75, 3.05) is 19.6 Å². The van der Waals surface area contributed by atoms with Crippen LogP contribution in [-0.4, -0.2) is 56.6 Å². The van der Waals surface area contributed by atoms with E-state index in [1.54, 1.807) is 36.9 Å². The van der Waals surface area contributed by atoms with Gasteiger partial charge in [0.2, 0.25) is 0 Å². The van der Waals surface area contributed by atoms with Gasteiger partial charge in [-0.25, -0.2) is 4.98 Å². The summed E-state index contributed by atoms with van der Waals surface area (Å²) in [4.78, 5) is 27.3. The lowest BCUT2D eigenvalue weighted by atomic mass is 9.94. The molecular formula is C29H31N5O4. The van der Waals surface area contributed by atoms with Crippen LogP contribution in [0.5, 0.6) is 5.75 Å². The molecule has 0 saturated heterocycles. The highest BCUT2D eigenvalue weighted by Gasteiger charge is 2.22. The molecule has 0 unspecified atom stereocenters. The molecule has 38 heavy (non-hydrogen) atoms. The molecule has 0 radical (unpaired) electrons. The first-order valence-electron chi connectivity index (χ1n) is 12.7. The van der Waals surface area contributed by atoms with Gasteiger partial charge in [0.05, 0.1) is 12.3 Å². The lowest BCUT2D eigenvalue weighted by Gasteiger charge is -2.31. The number of aliphatic hydroxyl groups excluding tert-OH is 1. The SMILES string of the molecule is Cc1c(OCc2cnco2)ccc2c1CCN(C[C@@H](O)CNC(=O)c1ccnc(Cc3cccnc3)c1)C2. The van der Waals surface area contributed by atoms with Gasteiger partial charge in [-0.2, -0.15) is 0 Å². The van der Waals surface area contributed by atoms with Crippen LogP contribution in [0.15, 0.2) is 72.0 Å². The van der Waals surface area contributed by atoms with E-state index in [9.17, 15) is 9.90 Å². The van der Waals surface area contributed by atoms with Crippen molar-refractivity contribution in [1.29, 1.82) is 0 Å². The summed E-state index contributed by atoms with van der Waals surface area (Å²) >= 11 is 0. The van der Waals surface area contributed by atoms with E-state index in [4.69, 9.17) is 9.15 Å². The summed E-state index contributed by atoms with van der Waals surface area (Å²) in [6.45, 7) is 4.64. The molecule has 196 valence electrons. The largest absolute Gasteiger partial charge is 0.485 e. The molecule has 0 spiro atoms. The Kier molecular flexibility index (Phi) is 8.06. The third-order valence-electron chi connectivity index (χ3n) is 6.73. The zero-order valence-electron chi connectivity index (χ0n) is 21.3. The molecular weight excluding hydrogens is 482 g/mol. The zero-order valence-corrected chi connectivity index (χ0v) is 21.3. The number of benzene rings is 1. The Morgan fingerprint density at radius 1 is 1.21 bits per heavy atom. The maximum atomic E-state index is 12.7. The lowest BCUT2D eigenvalue weighted by Crippen LogP contribution is -2.42. The van der Waals surface area contributed by atoms with Crippen LogP contribution in [0.2, 0.25) is 0 Å². The number of oxazole rings is 1. The second-order valence-electron chi connectivity index (χ2n) is 9.51. The van der Waals surface area contributed by atoms with Crippen LogP contribution in [0.1, 0.15) is 44.1 Å². The Morgan fingerprint density at radius 2 is 2.13 bits per heavy atom. The summed E-state index contributed by atoms with van der Waals surface area (Å²) in [7, 11) is 0. The molecule has 0 saturated carbocycles. The van der Waals surface area contributed by atoms with Crippen LogP contribution in [0.25, 0.3) is 0 Å². The van der Waals surface area contributed by atoms with Gasteiger partial charge in [-0.1, -0.05) is 12.1 Å². The average Bonchev–Trinajstić information content (AvgIpc) is 3.46. The fourth-order valence-corrected chi connectivity index (χ4v) is 4.76. The highest BCUT2D eigenvalue weighted by Crippen LogP contribution is 2.29. The summed E-state index contributed by atoms with van der Waals surface area (Å²) in [5, 5.41) is 13.5. The number of nitrogens with zero attached hydrogens (tertiary/aromatic N) is 4. The number of carbonyl (C=O) groups excluding carboxylic acids is 1. The number of pyridine rings is 2. The van der Waals surface area contributed by atoms with Crippen molar-refractivity contribution in [3.63, 3.8) is 0 Å². The van der Waals surface area contributed by atoms with E-state index < -0.39 is 6.10 Å². The number of aromatic nitrogens is 3. The Hall–Kier alpha value is -4.08. The first-order valence-corrected chi connectivity index (χ1v) is 12.7. The summed E-state index contributed by atoms with van der Waals surface area (Å²) in [6, 6.07) is 11.4. The summed E-state index contributed by atoms with van der Waals surface area (Å²) in [5.74, 6) is 1.30. The fourth-order valence-electron chi connectivity index (χ4n) is 4.76. The van der Waals surface area contributed by atoms with E-state index >= 15 is 0 Å². The van der Waals surface area contributed by atoms with Gasteiger partial charge in [-0.05, 0) is 59.9 Å². The number of hydrogen-bond donors (Lipinski definition) is 2. The number of nitrogens with one attached hydrogen (secondary N) is 1. The summed E-state index contributed by atoms with van der Waals surface area (Å²) in [6.07, 6.45) is 8.99. The molecule has 1 aromatic carbocycles. The van der Waals surface area contributed by atoms with E-state index in [2.05, 4.69) is 38.2 Å². The predicted octanol–water partition coefficient (Wildman–Crippen LogP) is 3.09. The maximum Gasteiger partial charge on any atom is 0.251 e. The van der Waals surface area contributed by atoms with Gasteiger partial charge in [-0.3, -0.25) is 19.7 Å². The van der Waals surface area contributed by atoms with Crippen LogP contribution in [-0.2, 0) is 26.0 Å². The topological polar surface area (TPSA) is 114 Å². The smallest absolute Gasteiger partial charge is 0.251 e. The number of β-amino-alcohol motifs (C(OH)–C–C–N with tert-alkyl or cyclic N) is 1. The molecule has 1 atom stereocenters. The molecule has 4 heterocycles. The minimum Gasteiger partial charge on any atom is -0.485 e. The van der Waals surface area contributed by atoms with Gasteiger partial charge in [0.1, 0.15) is 12.4 Å². The number of rotatable bonds is 10. The maximum absolute atomic E-state index is 12.7. The second-order valence-corrected chi connectivity index (χ2v) is 9.51. The minimum absolute atomic E-state index is 0.176. The highest BCUT2D eigenvalue weighted by atomic mass is 16.5. The van der Waals surface area contributed by atoms with Crippen LogP contribution in [0, 0.1) is 6.92 Å². The van der Waals surface area contributed by atoms with Gasteiger partial charge >= 0.3 is 0 Å². The molecule has 1 amide bonds. The molecule has 0 aliphatic carbocycles. The molecule has 0 bridgehead atoms. The number of aliphatic hydroxyl groups is 1. The Labute approximate surface area is 221 Å². The predicted molar refractivity (Wildman–Crippen MR) is 141 cm³/mol. The summed E-state index contributed by atoms with van der Waals surface area (Å²) in [5.41, 5.74) is 6.00. The number of ether oxygens (including phenoxy) is 1. The Balaban J connectivity index is 1.11. The highest BCUT2D eigenvalue weighted by molar-refractivity contribution is 5.94. The second kappa shape index (κ2) is 12.0. The standard InChI is InChI=1S/C29H31N5O4/c1-20-27-7-10-34(16-23(27)4-5-28(20)37-18-26-15-31-19-38-26)17-25(35)14-33-29(36)22-6-9-32-24(12-22)11-21-3-2-8-30-13-21/h2-6,8-9,12-13,15,19,25,35H,7,10-11,14,16-18H2,1H3,(H,33,36)/t25-/m0/s1. The quantitative estimate of drug-likeness (QED) is 0.333. The fraction of sp³-hybridized carbons (Fsp3) is 0.310. The van der Waals surface area contributed by atoms with Crippen molar-refractivity contribution in [2.45, 2.75) is 39.0 Å². The van der Waals surface area contributed by atoms with Crippen LogP contribution in [0.3, 0.4) is 0 Å². The number of fused-ring (bicyclic) bond motifs is 1. The van der Waals surface area contributed by atoms with E-state index in [1.165, 1.54) is 17.5 Å². The Morgan fingerprint density at radius 3 is 2.95 bits per heavy atom. The van der Waals surface area contributed by atoms with Gasteiger partial charge in [0.15, 0.2) is 12.2 Å². The zero-order chi connectivity index (χ0) is 26.3. The van der Waals surface area contributed by atoms with Crippen molar-refractivity contribution in [1.82, 2.24) is 25.2 Å². The molecule has 5 rings (SSSR count). The Bertz CT molecular complexity index is 1360. The van der Waals surface area contributed by atoms with Crippen molar-refractivity contribution in [2.24, 2.45) is 0 Å². The lowest BCUT2D eigenvalue weighted by molar-refractivity contribution is 0.0841. The number of carbonyl (C=O) groups is 1. The van der Waals surface area contributed by atoms with Crippen molar-refractivity contribution in [3.05, 3.63) is 107 Å². The monoisotopic (exact) mass is 513 g/mol. The van der Waals surface area contributed by atoms with E-state index in [0.29, 0.717) is 30.9 Å². The molecule has 1 aliphatic heterocycles. The van der Waals surface area contributed by atoms with E-state index in [1.807, 2.05) is 18.2 Å².